The predicted octanol–water partition coefficient (Wildman–Crippen LogP) is 6.45. The molecule has 0 N–H and O–H groups in total. The maximum absolute atomic E-state index is 6.55. The summed E-state index contributed by atoms with van der Waals surface area (Å²) in [5.74, 6) is 0.793. The van der Waals surface area contributed by atoms with Gasteiger partial charge in [-0.1, -0.05) is 146 Å². The molecule has 0 atom stereocenters. The topological polar surface area (TPSA) is 18.5 Å². The van der Waals surface area contributed by atoms with Crippen LogP contribution in [0.25, 0.3) is 0 Å². The predicted molar refractivity (Wildman–Crippen MR) is 146 cm³/mol. The lowest BCUT2D eigenvalue weighted by Gasteiger charge is -2.24. The molecular weight excluding hydrogens is 454 g/mol. The van der Waals surface area contributed by atoms with Gasteiger partial charge in [0.2, 0.25) is 11.5 Å². The summed E-state index contributed by atoms with van der Waals surface area (Å²) in [7, 11) is -2.34. The number of hydrogen-bond acceptors (Lipinski definition) is 2. The van der Waals surface area contributed by atoms with Gasteiger partial charge in [-0.3, -0.25) is 0 Å². The molecule has 0 aliphatic rings. The first-order valence-electron chi connectivity index (χ1n) is 10.8. The molecule has 0 fully saturated rings. The quantitative estimate of drug-likeness (QED) is 0.119. The summed E-state index contributed by atoms with van der Waals surface area (Å²) in [4.78, 5) is 0. The van der Waals surface area contributed by atoms with Crippen molar-refractivity contribution in [2.45, 2.75) is 0 Å². The third kappa shape index (κ3) is 5.84. The molecule has 0 unspecified atom stereocenters. The average Bonchev–Trinajstić information content (AvgIpc) is 2.92. The number of hydrogen-bond donors (Lipinski definition) is 0. The van der Waals surface area contributed by atoms with E-state index >= 15 is 0 Å². The lowest BCUT2D eigenvalue weighted by molar-refractivity contribution is 0.401. The van der Waals surface area contributed by atoms with Gasteiger partial charge in [-0.25, -0.2) is 0 Å². The molecule has 0 amide bonds. The first kappa shape index (κ1) is 23.5. The number of benzene rings is 4. The minimum Gasteiger partial charge on any atom is -0.452 e. The Labute approximate surface area is 203 Å². The molecule has 166 valence electrons. The fraction of sp³-hybridized carbons (Fsp3) is 0. The lowest BCUT2D eigenvalue weighted by Crippen LogP contribution is -2.16. The van der Waals surface area contributed by atoms with Gasteiger partial charge < -0.3 is 9.05 Å². The van der Waals surface area contributed by atoms with E-state index in [1.807, 2.05) is 72.8 Å². The summed E-state index contributed by atoms with van der Waals surface area (Å²) < 4.78 is 13.1. The van der Waals surface area contributed by atoms with Crippen LogP contribution in [0.1, 0.15) is 0 Å². The summed E-state index contributed by atoms with van der Waals surface area (Å²) >= 11 is 0. The van der Waals surface area contributed by atoms with Crippen LogP contribution in [0.5, 0.6) is 0 Å². The molecule has 0 radical (unpaired) electrons. The zero-order chi connectivity index (χ0) is 23.6. The highest BCUT2D eigenvalue weighted by Crippen LogP contribution is 2.43. The molecule has 4 aromatic carbocycles. The Kier molecular flexibility index (Phi) is 8.32. The normalized spacial score (nSPS) is 10.3. The summed E-state index contributed by atoms with van der Waals surface area (Å²) in [5.41, 5.74) is 5.88. The molecule has 0 aliphatic carbocycles. The molecule has 0 saturated carbocycles. The van der Waals surface area contributed by atoms with Gasteiger partial charge in [0.25, 0.3) is 0 Å². The standard InChI is InChI=1S/C30H24O2P2/c1-3-29(31-33(25-17-9-5-10-18-25)26-19-11-6-12-20-26)30(4-2)32-34(27-21-13-7-14-22-27)28-23-15-8-16-24-28/h5-24H,1-2H2. The molecular formula is C30H24O2P2. The smallest absolute Gasteiger partial charge is 0.216 e. The van der Waals surface area contributed by atoms with Crippen LogP contribution >= 0.6 is 16.3 Å². The highest BCUT2D eigenvalue weighted by atomic mass is 31.1. The van der Waals surface area contributed by atoms with E-state index in [1.54, 1.807) is 0 Å². The van der Waals surface area contributed by atoms with Crippen molar-refractivity contribution in [3.05, 3.63) is 157 Å². The van der Waals surface area contributed by atoms with Gasteiger partial charge >= 0.3 is 0 Å². The van der Waals surface area contributed by atoms with Crippen LogP contribution < -0.4 is 21.2 Å². The van der Waals surface area contributed by atoms with E-state index in [0.717, 1.165) is 21.2 Å². The molecule has 0 aliphatic heterocycles. The third-order valence-corrected chi connectivity index (χ3v) is 8.65. The van der Waals surface area contributed by atoms with Gasteiger partial charge in [-0.15, -0.1) is 0 Å². The Morgan fingerprint density at radius 1 is 0.441 bits per heavy atom. The lowest BCUT2D eigenvalue weighted by atomic mass is 10.4. The molecule has 4 rings (SSSR count). The van der Waals surface area contributed by atoms with Crippen LogP contribution in [-0.2, 0) is 9.05 Å². The van der Waals surface area contributed by atoms with Crippen molar-refractivity contribution >= 4 is 37.5 Å². The zero-order valence-corrected chi connectivity index (χ0v) is 20.5. The molecule has 0 spiro atoms. The fourth-order valence-electron chi connectivity index (χ4n) is 3.25. The van der Waals surface area contributed by atoms with Gasteiger partial charge in [0.1, 0.15) is 0 Å². The maximum Gasteiger partial charge on any atom is 0.216 e. The highest BCUT2D eigenvalue weighted by Gasteiger charge is 2.24. The third-order valence-electron chi connectivity index (χ3n) is 4.86. The van der Waals surface area contributed by atoms with Crippen LogP contribution in [0.15, 0.2) is 157 Å². The van der Waals surface area contributed by atoms with Crippen LogP contribution in [-0.4, -0.2) is 0 Å². The minimum absolute atomic E-state index is 0.396. The molecule has 4 aromatic rings. The van der Waals surface area contributed by atoms with E-state index in [1.165, 1.54) is 0 Å². The van der Waals surface area contributed by atoms with Crippen molar-refractivity contribution in [2.75, 3.05) is 0 Å². The first-order valence-corrected chi connectivity index (χ1v) is 13.3. The molecule has 2 nitrogen and oxygen atoms in total. The second kappa shape index (κ2) is 12.0. The molecule has 0 heterocycles. The average molecular weight is 478 g/mol. The summed E-state index contributed by atoms with van der Waals surface area (Å²) in [6, 6.07) is 40.6. The van der Waals surface area contributed by atoms with E-state index < -0.39 is 16.3 Å². The Morgan fingerprint density at radius 3 is 0.882 bits per heavy atom. The largest absolute Gasteiger partial charge is 0.452 e. The zero-order valence-electron chi connectivity index (χ0n) is 18.7. The second-order valence-electron chi connectivity index (χ2n) is 7.13. The van der Waals surface area contributed by atoms with Gasteiger partial charge in [-0.05, 0) is 0 Å². The van der Waals surface area contributed by atoms with Gasteiger partial charge in [0.15, 0.2) is 16.3 Å². The number of rotatable bonds is 9. The molecule has 4 heteroatoms. The van der Waals surface area contributed by atoms with Crippen LogP contribution in [0.2, 0.25) is 0 Å². The van der Waals surface area contributed by atoms with E-state index in [9.17, 15) is 0 Å². The fourth-order valence-corrected chi connectivity index (χ4v) is 6.70. The van der Waals surface area contributed by atoms with Crippen molar-refractivity contribution in [3.63, 3.8) is 0 Å². The van der Waals surface area contributed by atoms with E-state index in [0.29, 0.717) is 11.5 Å². The van der Waals surface area contributed by atoms with Gasteiger partial charge in [0, 0.05) is 21.2 Å². The highest BCUT2D eigenvalue weighted by molar-refractivity contribution is 7.69. The van der Waals surface area contributed by atoms with Crippen molar-refractivity contribution < 1.29 is 9.05 Å². The Balaban J connectivity index is 1.67. The minimum atomic E-state index is -1.17. The molecule has 0 bridgehead atoms. The summed E-state index contributed by atoms with van der Waals surface area (Å²) in [6.45, 7) is 7.77. The van der Waals surface area contributed by atoms with Crippen LogP contribution in [0, 0.1) is 0 Å². The van der Waals surface area contributed by atoms with Crippen LogP contribution in [0.4, 0.5) is 0 Å². The molecule has 0 saturated heterocycles. The molecule has 34 heavy (non-hydrogen) atoms. The summed E-state index contributed by atoms with van der Waals surface area (Å²) in [6.07, 6.45) is 0. The Bertz CT molecular complexity index is 1110. The monoisotopic (exact) mass is 478 g/mol. The van der Waals surface area contributed by atoms with Crippen molar-refractivity contribution in [2.24, 2.45) is 0 Å². The SMILES string of the molecule is C=C=C(OP(c1ccccc1)c1ccccc1)C(=C=C)OP(c1ccccc1)c1ccccc1. The van der Waals surface area contributed by atoms with E-state index in [4.69, 9.17) is 9.05 Å². The van der Waals surface area contributed by atoms with E-state index in [-0.39, 0.29) is 0 Å². The van der Waals surface area contributed by atoms with E-state index in [2.05, 4.69) is 73.2 Å². The Hall–Kier alpha value is -3.62. The van der Waals surface area contributed by atoms with Crippen LogP contribution in [0.3, 0.4) is 0 Å². The first-order chi connectivity index (χ1) is 16.8. The van der Waals surface area contributed by atoms with Gasteiger partial charge in [0.05, 0.1) is 0 Å². The Morgan fingerprint density at radius 2 is 0.676 bits per heavy atom. The van der Waals surface area contributed by atoms with Crippen molar-refractivity contribution in [1.82, 2.24) is 0 Å². The van der Waals surface area contributed by atoms with Crippen molar-refractivity contribution in [1.29, 1.82) is 0 Å². The van der Waals surface area contributed by atoms with Crippen molar-refractivity contribution in [3.8, 4) is 0 Å². The summed E-state index contributed by atoms with van der Waals surface area (Å²) in [5, 5.41) is 4.31. The second-order valence-corrected chi connectivity index (χ2v) is 10.7. The molecule has 0 aromatic heterocycles. The maximum atomic E-state index is 6.55. The van der Waals surface area contributed by atoms with Gasteiger partial charge in [-0.2, -0.15) is 0 Å².